The third kappa shape index (κ3) is 14.8. The molecule has 0 fully saturated rings. The molecule has 8 aromatic rings. The van der Waals surface area contributed by atoms with Crippen LogP contribution in [-0.2, 0) is 31.5 Å². The van der Waals surface area contributed by atoms with Crippen LogP contribution in [0.3, 0.4) is 0 Å². The lowest BCUT2D eigenvalue weighted by Gasteiger charge is -2.23. The van der Waals surface area contributed by atoms with Gasteiger partial charge in [-0.2, -0.15) is 11.8 Å². The minimum absolute atomic E-state index is 0.0267. The summed E-state index contributed by atoms with van der Waals surface area (Å²) < 4.78 is 5.39. The number of pyridine rings is 1. The van der Waals surface area contributed by atoms with E-state index in [4.69, 9.17) is 39.6 Å². The SMILES string of the molecule is CNC(=O)CC1NC(=O)c2csc(n2)-c2ccc(-c3nc(COC(=O)NCCCC(C)=O)cs3)nc2-c2csc(n2)-c2csc(n2)C(C(O)c2ccccc2)NC(=O)CNC(=O)c2nc(sc2CSC)C(C(C)C)NC(=O)c2nc1sc2C. The largest absolute Gasteiger partial charge is 0.443 e. The summed E-state index contributed by atoms with van der Waals surface area (Å²) in [5.41, 5.74) is 3.43. The fraction of sp³-hybridized carbons (Fsp3) is 0.333. The van der Waals surface area contributed by atoms with Crippen molar-refractivity contribution in [3.05, 3.63) is 117 Å². The van der Waals surface area contributed by atoms with Crippen LogP contribution in [0.25, 0.3) is 43.4 Å². The van der Waals surface area contributed by atoms with E-state index >= 15 is 0 Å². The molecule has 4 atom stereocenters. The van der Waals surface area contributed by atoms with Gasteiger partial charge in [0.1, 0.15) is 88.7 Å². The highest BCUT2D eigenvalue weighted by atomic mass is 32.2. The van der Waals surface area contributed by atoms with Crippen LogP contribution in [0.5, 0.6) is 0 Å². The molecule has 1 aliphatic rings. The Kier molecular flexibility index (Phi) is 19.9. The Balaban J connectivity index is 1.10. The first-order valence-electron chi connectivity index (χ1n) is 25.8. The maximum absolute atomic E-state index is 14.3. The van der Waals surface area contributed by atoms with Crippen LogP contribution in [0.15, 0.2) is 64.0 Å². The summed E-state index contributed by atoms with van der Waals surface area (Å²) in [6, 6.07) is 9.66. The van der Waals surface area contributed by atoms with Crippen LogP contribution in [0.2, 0.25) is 0 Å². The highest BCUT2D eigenvalue weighted by molar-refractivity contribution is 7.97. The molecule has 22 nitrogen and oxygen atoms in total. The Morgan fingerprint density at radius 1 is 0.735 bits per heavy atom. The summed E-state index contributed by atoms with van der Waals surface area (Å²) in [4.78, 5) is 128. The zero-order valence-electron chi connectivity index (χ0n) is 45.4. The predicted octanol–water partition coefficient (Wildman–Crippen LogP) is 8.62. The number of amides is 6. The van der Waals surface area contributed by atoms with Gasteiger partial charge in [0.2, 0.25) is 11.8 Å². The summed E-state index contributed by atoms with van der Waals surface area (Å²) in [5.74, 6) is -2.51. The first kappa shape index (κ1) is 60.3. The molecular formula is C54H55N13O9S7. The molecule has 7 aromatic heterocycles. The Labute approximate surface area is 504 Å². The van der Waals surface area contributed by atoms with E-state index in [1.807, 2.05) is 26.2 Å². The van der Waals surface area contributed by atoms with E-state index < -0.39 is 60.5 Å². The number of carbonyl (C=O) groups excluding carboxylic acids is 7. The number of Topliss-reactive ketones (excluding diaryl/α,β-unsaturated/α-hetero) is 1. The van der Waals surface area contributed by atoms with Crippen molar-refractivity contribution in [1.82, 2.24) is 66.8 Å². The second kappa shape index (κ2) is 27.4. The lowest BCUT2D eigenvalue weighted by molar-refractivity contribution is -0.122. The predicted molar refractivity (Wildman–Crippen MR) is 322 cm³/mol. The van der Waals surface area contributed by atoms with Crippen molar-refractivity contribution >= 4 is 121 Å². The summed E-state index contributed by atoms with van der Waals surface area (Å²) in [5, 5.41) is 38.2. The number of nitrogens with one attached hydrogen (secondary N) is 6. The molecule has 0 saturated carbocycles. The summed E-state index contributed by atoms with van der Waals surface area (Å²) in [6.45, 7) is 6.72. The van der Waals surface area contributed by atoms with Crippen LogP contribution >= 0.6 is 79.8 Å². The van der Waals surface area contributed by atoms with E-state index in [1.54, 1.807) is 64.8 Å². The van der Waals surface area contributed by atoms with Crippen LogP contribution in [-0.4, -0.2) is 108 Å². The normalized spacial score (nSPS) is 16.3. The van der Waals surface area contributed by atoms with E-state index in [2.05, 4.69) is 31.9 Å². The fourth-order valence-electron chi connectivity index (χ4n) is 8.40. The van der Waals surface area contributed by atoms with Gasteiger partial charge in [-0.25, -0.2) is 39.7 Å². The van der Waals surface area contributed by atoms with Gasteiger partial charge in [0.25, 0.3) is 17.7 Å². The number of hydrogen-bond donors (Lipinski definition) is 7. The van der Waals surface area contributed by atoms with Crippen molar-refractivity contribution in [1.29, 1.82) is 0 Å². The molecule has 10 bridgehead atoms. The van der Waals surface area contributed by atoms with Crippen molar-refractivity contribution in [3.63, 3.8) is 0 Å². The third-order valence-corrected chi connectivity index (χ3v) is 19.2. The fourth-order valence-corrected chi connectivity index (χ4v) is 14.8. The van der Waals surface area contributed by atoms with Gasteiger partial charge in [0, 0.05) is 62.6 Å². The van der Waals surface area contributed by atoms with Crippen LogP contribution in [0.1, 0.15) is 132 Å². The van der Waals surface area contributed by atoms with Crippen LogP contribution in [0, 0.1) is 12.8 Å². The van der Waals surface area contributed by atoms with Gasteiger partial charge in [-0.15, -0.1) is 68.0 Å². The number of alkyl carbamates (subject to hydrolysis) is 1. The number of aliphatic hydroxyl groups excluding tert-OH is 1. The molecule has 1 aromatic carbocycles. The van der Waals surface area contributed by atoms with Crippen molar-refractivity contribution < 1.29 is 43.4 Å². The monoisotopic (exact) mass is 1250 g/mol. The van der Waals surface area contributed by atoms with E-state index in [0.29, 0.717) is 98.0 Å². The molecule has 83 heavy (non-hydrogen) atoms. The number of carbonyl (C=O) groups is 7. The number of ether oxygens (including phenoxy) is 1. The van der Waals surface area contributed by atoms with Gasteiger partial charge in [0.05, 0.1) is 36.4 Å². The quantitative estimate of drug-likeness (QED) is 0.0501. The number of ketones is 1. The van der Waals surface area contributed by atoms with Gasteiger partial charge >= 0.3 is 6.09 Å². The Bertz CT molecular complexity index is 3680. The maximum atomic E-state index is 14.3. The Hall–Kier alpha value is -7.25. The number of rotatable bonds is 14. The first-order valence-corrected chi connectivity index (χ1v) is 32.3. The third-order valence-electron chi connectivity index (χ3n) is 12.6. The lowest BCUT2D eigenvalue weighted by atomic mass is 10.0. The van der Waals surface area contributed by atoms with Crippen molar-refractivity contribution in [2.45, 2.75) is 83.5 Å². The zero-order chi connectivity index (χ0) is 58.9. The number of nitrogens with zero attached hydrogens (tertiary/aromatic N) is 7. The lowest BCUT2D eigenvalue weighted by Crippen LogP contribution is -2.40. The number of aliphatic hydroxyl groups is 1. The van der Waals surface area contributed by atoms with Gasteiger partial charge in [-0.3, -0.25) is 24.0 Å². The van der Waals surface area contributed by atoms with Gasteiger partial charge < -0.3 is 46.5 Å². The molecular weight excluding hydrogens is 1200 g/mol. The average molecular weight is 1250 g/mol. The highest BCUT2D eigenvalue weighted by Gasteiger charge is 2.33. The standard InChI is InChI=1S/C54H55N13O9S7/c1-25(2)39-53-67-42(36(83-53)24-77-6)46(73)57-18-38(70)64-43(44(71)28-12-8-7-9-13-28)52-63-35(23-81-52)50-61-33(21-80-50)41-30(14-15-31(59-41)49-58-29(20-78-49)19-76-54(75)56-16-10-11-26(3)68)48-62-34(22-79-48)45(72)60-32(17-37(69)55-5)51-66-40(27(4)82-51)47(74)65-39/h7-9,12-15,20-23,25,32,39,43-44,71H,10-11,16-19,24H2,1-6H3,(H,55,69)(H,56,75)(H,57,73)(H,60,72)(H,64,70)(H,65,74). The summed E-state index contributed by atoms with van der Waals surface area (Å²) in [7, 11) is 1.48. The van der Waals surface area contributed by atoms with Gasteiger partial charge in [0.15, 0.2) is 0 Å². The second-order valence-electron chi connectivity index (χ2n) is 19.1. The molecule has 432 valence electrons. The minimum atomic E-state index is -1.26. The molecule has 0 saturated heterocycles. The number of aromatic nitrogens is 7. The van der Waals surface area contributed by atoms with E-state index in [1.165, 1.54) is 82.4 Å². The number of hydrogen-bond acceptors (Lipinski definition) is 23. The van der Waals surface area contributed by atoms with Crippen molar-refractivity contribution in [2.24, 2.45) is 5.92 Å². The molecule has 9 rings (SSSR count). The number of benzene rings is 1. The molecule has 29 heteroatoms. The van der Waals surface area contributed by atoms with Gasteiger partial charge in [-0.05, 0) is 50.1 Å². The number of thioether (sulfide) groups is 1. The number of aryl methyl sites for hydroxylation is 1. The van der Waals surface area contributed by atoms with E-state index in [0.717, 1.165) is 11.3 Å². The van der Waals surface area contributed by atoms with Crippen LogP contribution in [0.4, 0.5) is 4.79 Å². The molecule has 6 amide bonds. The van der Waals surface area contributed by atoms with Crippen molar-refractivity contribution in [2.75, 3.05) is 26.4 Å². The average Bonchev–Trinajstić information content (AvgIpc) is 4.50. The molecule has 0 radical (unpaired) electrons. The number of thiazole rings is 6. The first-order chi connectivity index (χ1) is 40.0. The molecule has 1 aliphatic heterocycles. The topological polar surface area (TPSA) is 311 Å². The molecule has 4 unspecified atom stereocenters. The van der Waals surface area contributed by atoms with Crippen LogP contribution < -0.4 is 31.9 Å². The molecule has 7 N–H and O–H groups in total. The summed E-state index contributed by atoms with van der Waals surface area (Å²) in [6.07, 6.45) is 0.605. The maximum Gasteiger partial charge on any atom is 0.407 e. The Morgan fingerprint density at radius 2 is 1.46 bits per heavy atom. The molecule has 0 aliphatic carbocycles. The zero-order valence-corrected chi connectivity index (χ0v) is 51.1. The minimum Gasteiger partial charge on any atom is -0.443 e. The molecule has 8 heterocycles. The smallest absolute Gasteiger partial charge is 0.407 e. The summed E-state index contributed by atoms with van der Waals surface area (Å²) >= 11 is 8.86. The highest BCUT2D eigenvalue weighted by Crippen LogP contribution is 2.40. The molecule has 0 spiro atoms. The van der Waals surface area contributed by atoms with Crippen molar-refractivity contribution in [3.8, 4) is 43.4 Å². The second-order valence-corrected chi connectivity index (χ2v) is 25.8. The van der Waals surface area contributed by atoms with E-state index in [-0.39, 0.29) is 54.3 Å². The Morgan fingerprint density at radius 3 is 2.22 bits per heavy atom. The number of fused-ring (bicyclic) bond motifs is 14. The van der Waals surface area contributed by atoms with E-state index in [9.17, 15) is 38.7 Å². The van der Waals surface area contributed by atoms with Gasteiger partial charge in [-0.1, -0.05) is 44.2 Å².